The molecule has 2 heteroatoms. The van der Waals surface area contributed by atoms with Crippen molar-refractivity contribution in [3.8, 4) is 0 Å². The van der Waals surface area contributed by atoms with Crippen molar-refractivity contribution >= 4 is 5.90 Å². The van der Waals surface area contributed by atoms with Gasteiger partial charge >= 0.3 is 0 Å². The van der Waals surface area contributed by atoms with Crippen LogP contribution < -0.4 is 0 Å². The van der Waals surface area contributed by atoms with Crippen molar-refractivity contribution < 1.29 is 4.74 Å². The maximum absolute atomic E-state index is 4.97. The smallest absolute Gasteiger partial charge is 0.191 e. The van der Waals surface area contributed by atoms with E-state index in [0.717, 1.165) is 5.90 Å². The van der Waals surface area contributed by atoms with Crippen LogP contribution in [0.15, 0.2) is 17.8 Å². The van der Waals surface area contributed by atoms with Gasteiger partial charge in [-0.2, -0.15) is 0 Å². The number of hydrogen-bond donors (Lipinski definition) is 0. The van der Waals surface area contributed by atoms with Crippen molar-refractivity contribution in [1.82, 2.24) is 0 Å². The maximum atomic E-state index is 4.97. The van der Waals surface area contributed by atoms with Gasteiger partial charge in [0.2, 0.25) is 0 Å². The minimum Gasteiger partial charge on any atom is -0.451 e. The minimum atomic E-state index is 0.341. The molecule has 9 heavy (non-hydrogen) atoms. The number of nitrogens with zero attached hydrogens (tertiary/aromatic N) is 1. The van der Waals surface area contributed by atoms with Crippen LogP contribution in [0.1, 0.15) is 13.8 Å². The second-order valence-electron chi connectivity index (χ2n) is 2.00. The topological polar surface area (TPSA) is 21.6 Å². The Balaban J connectivity index is 3.84. The first-order chi connectivity index (χ1) is 4.22. The summed E-state index contributed by atoms with van der Waals surface area (Å²) in [5, 5.41) is 0. The van der Waals surface area contributed by atoms with E-state index in [2.05, 4.69) is 11.6 Å². The van der Waals surface area contributed by atoms with Gasteiger partial charge in [-0.05, 0) is 0 Å². The van der Waals surface area contributed by atoms with Gasteiger partial charge in [0.15, 0.2) is 5.90 Å². The van der Waals surface area contributed by atoms with E-state index in [9.17, 15) is 0 Å². The average molecular weight is 127 g/mol. The van der Waals surface area contributed by atoms with Gasteiger partial charge in [0.1, 0.15) is 0 Å². The van der Waals surface area contributed by atoms with Crippen LogP contribution in [0.4, 0.5) is 0 Å². The van der Waals surface area contributed by atoms with Crippen molar-refractivity contribution in [2.45, 2.75) is 13.8 Å². The zero-order chi connectivity index (χ0) is 7.28. The molecule has 0 fully saturated rings. The second-order valence-corrected chi connectivity index (χ2v) is 2.00. The molecule has 0 aromatic rings. The fourth-order valence-electron chi connectivity index (χ4n) is 0.532. The summed E-state index contributed by atoms with van der Waals surface area (Å²) in [5.41, 5.74) is 0. The first-order valence-electron chi connectivity index (χ1n) is 2.96. The molecule has 0 aliphatic rings. The van der Waals surface area contributed by atoms with Gasteiger partial charge < -0.3 is 4.74 Å². The lowest BCUT2D eigenvalue weighted by molar-refractivity contribution is 0.437. The van der Waals surface area contributed by atoms with Gasteiger partial charge in [-0.15, -0.1) is 0 Å². The summed E-state index contributed by atoms with van der Waals surface area (Å²) in [6.45, 7) is 7.47. The number of ether oxygens (including phenoxy) is 1. The Hall–Kier alpha value is -0.790. The Morgan fingerprint density at radius 1 is 1.67 bits per heavy atom. The van der Waals surface area contributed by atoms with Crippen LogP contribution in [-0.4, -0.2) is 12.9 Å². The SMILES string of the molecule is C=COC(=NC)C(C)C. The summed E-state index contributed by atoms with van der Waals surface area (Å²) in [7, 11) is 1.71. The van der Waals surface area contributed by atoms with Crippen LogP contribution in [0.25, 0.3) is 0 Å². The molecule has 0 unspecified atom stereocenters. The van der Waals surface area contributed by atoms with E-state index in [-0.39, 0.29) is 0 Å². The van der Waals surface area contributed by atoms with Gasteiger partial charge in [0.05, 0.1) is 6.26 Å². The maximum Gasteiger partial charge on any atom is 0.191 e. The fourth-order valence-corrected chi connectivity index (χ4v) is 0.532. The molecule has 52 valence electrons. The third-order valence-electron chi connectivity index (χ3n) is 0.918. The number of aliphatic imine (C=N–C) groups is 1. The highest BCUT2D eigenvalue weighted by molar-refractivity contribution is 5.78. The van der Waals surface area contributed by atoms with E-state index in [0.29, 0.717) is 5.92 Å². The monoisotopic (exact) mass is 127 g/mol. The van der Waals surface area contributed by atoms with E-state index < -0.39 is 0 Å². The van der Waals surface area contributed by atoms with E-state index >= 15 is 0 Å². The predicted molar refractivity (Wildman–Crippen MR) is 39.5 cm³/mol. The summed E-state index contributed by atoms with van der Waals surface area (Å²) in [5.74, 6) is 1.07. The van der Waals surface area contributed by atoms with Crippen molar-refractivity contribution in [1.29, 1.82) is 0 Å². The molecule has 0 radical (unpaired) electrons. The molecular formula is C7H13NO. The highest BCUT2D eigenvalue weighted by Gasteiger charge is 2.01. The lowest BCUT2D eigenvalue weighted by atomic mass is 10.2. The molecular weight excluding hydrogens is 114 g/mol. The predicted octanol–water partition coefficient (Wildman–Crippen LogP) is 1.83. The van der Waals surface area contributed by atoms with E-state index in [4.69, 9.17) is 4.74 Å². The van der Waals surface area contributed by atoms with Crippen molar-refractivity contribution in [3.05, 3.63) is 12.8 Å². The Morgan fingerprint density at radius 2 is 2.22 bits per heavy atom. The van der Waals surface area contributed by atoms with Crippen molar-refractivity contribution in [3.63, 3.8) is 0 Å². The molecule has 0 saturated carbocycles. The van der Waals surface area contributed by atoms with E-state index in [1.165, 1.54) is 6.26 Å². The third kappa shape index (κ3) is 2.90. The fraction of sp³-hybridized carbons (Fsp3) is 0.571. The van der Waals surface area contributed by atoms with E-state index in [1.807, 2.05) is 13.8 Å². The van der Waals surface area contributed by atoms with Crippen LogP contribution in [0.3, 0.4) is 0 Å². The van der Waals surface area contributed by atoms with Gasteiger partial charge in [0.25, 0.3) is 0 Å². The van der Waals surface area contributed by atoms with Crippen molar-refractivity contribution in [2.24, 2.45) is 10.9 Å². The number of rotatable bonds is 2. The zero-order valence-electron chi connectivity index (χ0n) is 6.22. The molecule has 0 atom stereocenters. The van der Waals surface area contributed by atoms with E-state index in [1.54, 1.807) is 7.05 Å². The molecule has 0 aromatic carbocycles. The molecule has 2 nitrogen and oxygen atoms in total. The molecule has 0 saturated heterocycles. The molecule has 0 amide bonds. The molecule has 0 aromatic heterocycles. The second kappa shape index (κ2) is 4.13. The van der Waals surface area contributed by atoms with Gasteiger partial charge in [-0.3, -0.25) is 4.99 Å². The molecule has 0 rings (SSSR count). The summed E-state index contributed by atoms with van der Waals surface area (Å²) in [6.07, 6.45) is 1.39. The first kappa shape index (κ1) is 8.21. The van der Waals surface area contributed by atoms with Gasteiger partial charge in [-0.1, -0.05) is 20.4 Å². The van der Waals surface area contributed by atoms with Crippen molar-refractivity contribution in [2.75, 3.05) is 7.05 Å². The van der Waals surface area contributed by atoms with Gasteiger partial charge in [0, 0.05) is 13.0 Å². The number of hydrogen-bond acceptors (Lipinski definition) is 2. The van der Waals surface area contributed by atoms with Crippen LogP contribution in [0.5, 0.6) is 0 Å². The minimum absolute atomic E-state index is 0.341. The largest absolute Gasteiger partial charge is 0.451 e. The van der Waals surface area contributed by atoms with Crippen LogP contribution in [0.2, 0.25) is 0 Å². The lowest BCUT2D eigenvalue weighted by Crippen LogP contribution is -2.08. The molecule has 0 bridgehead atoms. The molecule has 0 heterocycles. The molecule has 0 aliphatic heterocycles. The zero-order valence-corrected chi connectivity index (χ0v) is 6.22. The van der Waals surface area contributed by atoms with Crippen LogP contribution in [0, 0.1) is 5.92 Å². The average Bonchev–Trinajstić information content (AvgIpc) is 1.82. The summed E-state index contributed by atoms with van der Waals surface area (Å²) >= 11 is 0. The van der Waals surface area contributed by atoms with Crippen LogP contribution in [-0.2, 0) is 4.74 Å². The van der Waals surface area contributed by atoms with Crippen LogP contribution >= 0.6 is 0 Å². The molecule has 0 aliphatic carbocycles. The molecule has 0 N–H and O–H groups in total. The summed E-state index contributed by atoms with van der Waals surface area (Å²) < 4.78 is 4.97. The highest BCUT2D eigenvalue weighted by Crippen LogP contribution is 1.97. The Labute approximate surface area is 56.2 Å². The standard InChI is InChI=1S/C7H13NO/c1-5-9-7(8-4)6(2)3/h5-6H,1H2,2-4H3. The molecule has 0 spiro atoms. The first-order valence-corrected chi connectivity index (χ1v) is 2.96. The quantitative estimate of drug-likeness (QED) is 0.315. The lowest BCUT2D eigenvalue weighted by Gasteiger charge is -2.05. The summed E-state index contributed by atoms with van der Waals surface area (Å²) in [4.78, 5) is 3.90. The van der Waals surface area contributed by atoms with Gasteiger partial charge in [-0.25, -0.2) is 0 Å². The normalized spacial score (nSPS) is 11.8. The Morgan fingerprint density at radius 3 is 2.33 bits per heavy atom. The Bertz CT molecular complexity index is 116. The third-order valence-corrected chi connectivity index (χ3v) is 0.918. The highest BCUT2D eigenvalue weighted by atomic mass is 16.5. The summed E-state index contributed by atoms with van der Waals surface area (Å²) in [6, 6.07) is 0. The Kier molecular flexibility index (Phi) is 3.76.